The van der Waals surface area contributed by atoms with Gasteiger partial charge in [0.2, 0.25) is 5.91 Å². The molecule has 1 heterocycles. The third kappa shape index (κ3) is 5.96. The topological polar surface area (TPSA) is 84.9 Å². The fourth-order valence-corrected chi connectivity index (χ4v) is 4.48. The number of nitrogens with one attached hydrogen (secondary N) is 1. The molecule has 0 atom stereocenters. The van der Waals surface area contributed by atoms with E-state index >= 15 is 0 Å². The summed E-state index contributed by atoms with van der Waals surface area (Å²) in [5.41, 5.74) is 0.495. The second-order valence-electron chi connectivity index (χ2n) is 7.25. The summed E-state index contributed by atoms with van der Waals surface area (Å²) < 4.78 is 34.3. The maximum absolute atomic E-state index is 12.6. The molecule has 0 unspecified atom stereocenters. The van der Waals surface area contributed by atoms with E-state index in [-0.39, 0.29) is 41.3 Å². The van der Waals surface area contributed by atoms with Gasteiger partial charge >= 0.3 is 6.61 Å². The SMILES string of the molecule is COc1cc(/C=C2\SC(=O)N(CCNC(=O)C3CCCCC3)C2=O)ccc1OC(F)F. The van der Waals surface area contributed by atoms with Gasteiger partial charge < -0.3 is 14.8 Å². The van der Waals surface area contributed by atoms with Crippen molar-refractivity contribution in [3.63, 3.8) is 0 Å². The Balaban J connectivity index is 1.60. The number of hydrogen-bond acceptors (Lipinski definition) is 6. The molecule has 1 aromatic carbocycles. The molecule has 2 aliphatic rings. The van der Waals surface area contributed by atoms with Gasteiger partial charge in [0.15, 0.2) is 11.5 Å². The molecule has 0 spiro atoms. The lowest BCUT2D eigenvalue weighted by atomic mass is 9.89. The molecule has 1 saturated heterocycles. The van der Waals surface area contributed by atoms with Crippen LogP contribution in [0.15, 0.2) is 23.1 Å². The number of hydrogen-bond donors (Lipinski definition) is 1. The van der Waals surface area contributed by atoms with Gasteiger partial charge in [-0.15, -0.1) is 0 Å². The van der Waals surface area contributed by atoms with E-state index in [1.807, 2.05) is 0 Å². The summed E-state index contributed by atoms with van der Waals surface area (Å²) in [6, 6.07) is 4.23. The van der Waals surface area contributed by atoms with Crippen molar-refractivity contribution in [1.29, 1.82) is 0 Å². The van der Waals surface area contributed by atoms with Crippen molar-refractivity contribution in [3.05, 3.63) is 28.7 Å². The Morgan fingerprint density at radius 1 is 1.26 bits per heavy atom. The lowest BCUT2D eigenvalue weighted by molar-refractivity contribution is -0.127. The van der Waals surface area contributed by atoms with E-state index in [1.165, 1.54) is 31.4 Å². The number of thioether (sulfide) groups is 1. The van der Waals surface area contributed by atoms with Crippen molar-refractivity contribution in [1.82, 2.24) is 10.2 Å². The molecule has 31 heavy (non-hydrogen) atoms. The Hall–Kier alpha value is -2.62. The molecule has 2 fully saturated rings. The highest BCUT2D eigenvalue weighted by atomic mass is 32.2. The van der Waals surface area contributed by atoms with Crippen LogP contribution >= 0.6 is 11.8 Å². The van der Waals surface area contributed by atoms with Gasteiger partial charge in [0.1, 0.15) is 0 Å². The first-order valence-corrected chi connectivity index (χ1v) is 10.9. The van der Waals surface area contributed by atoms with Gasteiger partial charge in [0, 0.05) is 19.0 Å². The monoisotopic (exact) mass is 454 g/mol. The number of carbonyl (C=O) groups is 3. The van der Waals surface area contributed by atoms with Crippen LogP contribution in [-0.4, -0.2) is 48.8 Å². The molecular formula is C21H24F2N2O5S. The molecule has 1 aliphatic heterocycles. The van der Waals surface area contributed by atoms with Crippen LogP contribution in [0.3, 0.4) is 0 Å². The van der Waals surface area contributed by atoms with Crippen LogP contribution in [0.5, 0.6) is 11.5 Å². The summed E-state index contributed by atoms with van der Waals surface area (Å²) in [5, 5.41) is 2.39. The minimum Gasteiger partial charge on any atom is -0.493 e. The predicted molar refractivity (Wildman–Crippen MR) is 112 cm³/mol. The van der Waals surface area contributed by atoms with Gasteiger partial charge in [0.25, 0.3) is 11.1 Å². The molecule has 1 N–H and O–H groups in total. The number of ether oxygens (including phenoxy) is 2. The third-order valence-electron chi connectivity index (χ3n) is 5.19. The minimum atomic E-state index is -2.99. The summed E-state index contributed by atoms with van der Waals surface area (Å²) in [6.07, 6.45) is 6.49. The number of halogens is 2. The van der Waals surface area contributed by atoms with Crippen LogP contribution in [0.2, 0.25) is 0 Å². The van der Waals surface area contributed by atoms with E-state index in [4.69, 9.17) is 4.74 Å². The smallest absolute Gasteiger partial charge is 0.387 e. The molecule has 0 bridgehead atoms. The van der Waals surface area contributed by atoms with Gasteiger partial charge in [-0.05, 0) is 48.4 Å². The van der Waals surface area contributed by atoms with Gasteiger partial charge in [-0.1, -0.05) is 25.3 Å². The second-order valence-corrected chi connectivity index (χ2v) is 8.24. The average molecular weight is 454 g/mol. The standard InChI is InChI=1S/C21H24F2N2O5S/c1-29-16-11-13(7-8-15(16)30-20(22)23)12-17-19(27)25(21(28)31-17)10-9-24-18(26)14-5-3-2-4-6-14/h7-8,11-12,14,20H,2-6,9-10H2,1H3,(H,24,26)/b17-12-. The average Bonchev–Trinajstić information content (AvgIpc) is 3.02. The Kier molecular flexibility index (Phi) is 7.89. The second kappa shape index (κ2) is 10.6. The van der Waals surface area contributed by atoms with Crippen molar-refractivity contribution < 1.29 is 32.6 Å². The fourth-order valence-electron chi connectivity index (χ4n) is 3.61. The molecule has 1 saturated carbocycles. The van der Waals surface area contributed by atoms with Crippen LogP contribution in [0.25, 0.3) is 6.08 Å². The van der Waals surface area contributed by atoms with Crippen LogP contribution < -0.4 is 14.8 Å². The molecule has 1 aromatic rings. The molecule has 0 radical (unpaired) electrons. The number of nitrogens with zero attached hydrogens (tertiary/aromatic N) is 1. The lowest BCUT2D eigenvalue weighted by Gasteiger charge is -2.21. The zero-order chi connectivity index (χ0) is 22.4. The van der Waals surface area contributed by atoms with Gasteiger partial charge in [-0.2, -0.15) is 8.78 Å². The highest BCUT2D eigenvalue weighted by Gasteiger charge is 2.35. The van der Waals surface area contributed by atoms with E-state index in [2.05, 4.69) is 10.1 Å². The molecule has 3 rings (SSSR count). The zero-order valence-corrected chi connectivity index (χ0v) is 17.9. The third-order valence-corrected chi connectivity index (χ3v) is 6.09. The zero-order valence-electron chi connectivity index (χ0n) is 17.1. The van der Waals surface area contributed by atoms with Crippen LogP contribution in [0.1, 0.15) is 37.7 Å². The molecule has 1 aliphatic carbocycles. The molecule has 3 amide bonds. The first-order valence-electron chi connectivity index (χ1n) is 10.0. The Bertz CT molecular complexity index is 871. The number of imide groups is 1. The summed E-state index contributed by atoms with van der Waals surface area (Å²) in [5.74, 6) is -0.528. The van der Waals surface area contributed by atoms with Crippen molar-refractivity contribution in [2.24, 2.45) is 5.92 Å². The van der Waals surface area contributed by atoms with Crippen LogP contribution in [0, 0.1) is 5.92 Å². The summed E-state index contributed by atoms with van der Waals surface area (Å²) in [4.78, 5) is 38.4. The van der Waals surface area contributed by atoms with Crippen molar-refractivity contribution in [3.8, 4) is 11.5 Å². The van der Waals surface area contributed by atoms with E-state index < -0.39 is 17.8 Å². The highest BCUT2D eigenvalue weighted by Crippen LogP contribution is 2.34. The molecule has 168 valence electrons. The Morgan fingerprint density at radius 3 is 2.68 bits per heavy atom. The molecule has 10 heteroatoms. The summed E-state index contributed by atoms with van der Waals surface area (Å²) >= 11 is 0.786. The predicted octanol–water partition coefficient (Wildman–Crippen LogP) is 4.03. The number of alkyl halides is 2. The number of benzene rings is 1. The summed E-state index contributed by atoms with van der Waals surface area (Å²) in [6.45, 7) is -2.70. The van der Waals surface area contributed by atoms with Crippen molar-refractivity contribution in [2.45, 2.75) is 38.7 Å². The van der Waals surface area contributed by atoms with E-state index in [0.717, 1.165) is 48.8 Å². The molecule has 7 nitrogen and oxygen atoms in total. The van der Waals surface area contributed by atoms with E-state index in [0.29, 0.717) is 5.56 Å². The minimum absolute atomic E-state index is 0.00978. The highest BCUT2D eigenvalue weighted by molar-refractivity contribution is 8.18. The first-order chi connectivity index (χ1) is 14.9. The molecule has 0 aromatic heterocycles. The maximum Gasteiger partial charge on any atom is 0.387 e. The van der Waals surface area contributed by atoms with Gasteiger partial charge in [-0.25, -0.2) is 0 Å². The van der Waals surface area contributed by atoms with E-state index in [9.17, 15) is 23.2 Å². The maximum atomic E-state index is 12.6. The normalized spacial score (nSPS) is 18.7. The van der Waals surface area contributed by atoms with Crippen LogP contribution in [-0.2, 0) is 9.59 Å². The largest absolute Gasteiger partial charge is 0.493 e. The van der Waals surface area contributed by atoms with Crippen molar-refractivity contribution in [2.75, 3.05) is 20.2 Å². The first kappa shape index (κ1) is 23.1. The number of amides is 3. The quantitative estimate of drug-likeness (QED) is 0.597. The summed E-state index contributed by atoms with van der Waals surface area (Å²) in [7, 11) is 1.31. The van der Waals surface area contributed by atoms with Crippen molar-refractivity contribution >= 4 is 34.9 Å². The fraction of sp³-hybridized carbons (Fsp3) is 0.476. The van der Waals surface area contributed by atoms with E-state index in [1.54, 1.807) is 0 Å². The number of methoxy groups -OCH3 is 1. The number of carbonyl (C=O) groups excluding carboxylic acids is 3. The van der Waals surface area contributed by atoms with Crippen LogP contribution in [0.4, 0.5) is 13.6 Å². The Labute approximate surface area is 183 Å². The Morgan fingerprint density at radius 2 is 2.00 bits per heavy atom. The lowest BCUT2D eigenvalue weighted by Crippen LogP contribution is -2.39. The number of rotatable bonds is 8. The van der Waals surface area contributed by atoms with Gasteiger partial charge in [-0.3, -0.25) is 19.3 Å². The van der Waals surface area contributed by atoms with Gasteiger partial charge in [0.05, 0.1) is 12.0 Å². The molecular weight excluding hydrogens is 430 g/mol.